The van der Waals surface area contributed by atoms with Crippen molar-refractivity contribution in [3.63, 3.8) is 0 Å². The van der Waals surface area contributed by atoms with E-state index < -0.39 is 0 Å². The van der Waals surface area contributed by atoms with Crippen molar-refractivity contribution in [3.05, 3.63) is 28.7 Å². The zero-order chi connectivity index (χ0) is 16.2. The Kier molecular flexibility index (Phi) is 5.46. The molecule has 0 radical (unpaired) electrons. The molecule has 0 spiro atoms. The number of anilines is 1. The number of nitrogens with one attached hydrogen (secondary N) is 1. The minimum atomic E-state index is -0.0512. The van der Waals surface area contributed by atoms with Crippen LogP contribution in [-0.4, -0.2) is 48.9 Å². The average Bonchev–Trinajstić information content (AvgIpc) is 2.96. The molecule has 1 aliphatic carbocycles. The molecule has 1 aliphatic heterocycles. The minimum absolute atomic E-state index is 0.0239. The van der Waals surface area contributed by atoms with Crippen molar-refractivity contribution >= 4 is 33.3 Å². The second-order valence-corrected chi connectivity index (χ2v) is 7.05. The van der Waals surface area contributed by atoms with Crippen LogP contribution in [0.2, 0.25) is 0 Å². The predicted molar refractivity (Wildman–Crippen MR) is 91.3 cm³/mol. The minimum Gasteiger partial charge on any atom is -0.378 e. The van der Waals surface area contributed by atoms with E-state index in [0.717, 1.165) is 23.0 Å². The van der Waals surface area contributed by atoms with Crippen molar-refractivity contribution in [1.82, 2.24) is 4.90 Å². The predicted octanol–water partition coefficient (Wildman–Crippen LogP) is 2.46. The van der Waals surface area contributed by atoms with Gasteiger partial charge in [0.05, 0.1) is 19.8 Å². The summed E-state index contributed by atoms with van der Waals surface area (Å²) in [5.74, 6) is 0.291. The second kappa shape index (κ2) is 7.55. The summed E-state index contributed by atoms with van der Waals surface area (Å²) in [6.07, 6.45) is 2.54. The zero-order valence-electron chi connectivity index (χ0n) is 13.0. The number of carbonyl (C=O) groups excluding carboxylic acids is 2. The van der Waals surface area contributed by atoms with Gasteiger partial charge in [-0.05, 0) is 37.1 Å². The summed E-state index contributed by atoms with van der Waals surface area (Å²) >= 11 is 3.38. The maximum absolute atomic E-state index is 12.3. The lowest BCUT2D eigenvalue weighted by Crippen LogP contribution is -2.52. The highest BCUT2D eigenvalue weighted by molar-refractivity contribution is 9.10. The summed E-state index contributed by atoms with van der Waals surface area (Å²) in [5, 5.41) is 2.91. The summed E-state index contributed by atoms with van der Waals surface area (Å²) in [6, 6.07) is 7.54. The number of halogens is 1. The number of morpholine rings is 1. The van der Waals surface area contributed by atoms with Gasteiger partial charge < -0.3 is 10.1 Å². The molecule has 2 atom stereocenters. The fourth-order valence-electron chi connectivity index (χ4n) is 3.39. The van der Waals surface area contributed by atoms with Gasteiger partial charge in [-0.15, -0.1) is 0 Å². The lowest BCUT2D eigenvalue weighted by molar-refractivity contribution is -0.128. The number of amides is 1. The molecule has 1 saturated heterocycles. The number of hydrogen-bond acceptors (Lipinski definition) is 4. The van der Waals surface area contributed by atoms with Crippen LogP contribution in [0.25, 0.3) is 0 Å². The van der Waals surface area contributed by atoms with Crippen LogP contribution in [0.4, 0.5) is 5.69 Å². The maximum Gasteiger partial charge on any atom is 0.238 e. The zero-order valence-corrected chi connectivity index (χ0v) is 14.5. The molecule has 6 heteroatoms. The van der Waals surface area contributed by atoms with Crippen molar-refractivity contribution in [2.45, 2.75) is 25.3 Å². The maximum atomic E-state index is 12.3. The van der Waals surface area contributed by atoms with Crippen LogP contribution in [0.5, 0.6) is 0 Å². The fraction of sp³-hybridized carbons (Fsp3) is 0.529. The van der Waals surface area contributed by atoms with Crippen molar-refractivity contribution in [3.8, 4) is 0 Å². The summed E-state index contributed by atoms with van der Waals surface area (Å²) in [6.45, 7) is 2.15. The van der Waals surface area contributed by atoms with Gasteiger partial charge in [0.1, 0.15) is 5.78 Å². The Bertz CT molecular complexity index is 576. The molecular weight excluding hydrogens is 360 g/mol. The molecule has 2 aliphatic rings. The van der Waals surface area contributed by atoms with Crippen LogP contribution in [-0.2, 0) is 14.3 Å². The molecular formula is C17H21BrN2O3. The van der Waals surface area contributed by atoms with Gasteiger partial charge in [0.25, 0.3) is 0 Å². The standard InChI is InChI=1S/C17H21BrN2O3/c18-12-4-6-13(7-5-12)19-17(22)10-20-8-9-23-11-15(20)14-2-1-3-16(14)21/h4-7,14-15H,1-3,8-11H2,(H,19,22)/t14-,15-/m0/s1. The van der Waals surface area contributed by atoms with Crippen LogP contribution < -0.4 is 5.32 Å². The van der Waals surface area contributed by atoms with Gasteiger partial charge in [-0.1, -0.05) is 15.9 Å². The lowest BCUT2D eigenvalue weighted by atomic mass is 9.95. The number of ether oxygens (including phenoxy) is 1. The van der Waals surface area contributed by atoms with E-state index in [-0.39, 0.29) is 17.9 Å². The molecule has 1 aromatic carbocycles. The van der Waals surface area contributed by atoms with Crippen molar-refractivity contribution in [1.29, 1.82) is 0 Å². The third-order valence-corrected chi connectivity index (χ3v) is 5.10. The Labute approximate surface area is 144 Å². The van der Waals surface area contributed by atoms with Gasteiger partial charge in [-0.3, -0.25) is 14.5 Å². The molecule has 3 rings (SSSR count). The molecule has 2 fully saturated rings. The van der Waals surface area contributed by atoms with E-state index in [2.05, 4.69) is 26.1 Å². The highest BCUT2D eigenvalue weighted by Gasteiger charge is 2.37. The first kappa shape index (κ1) is 16.6. The molecule has 23 heavy (non-hydrogen) atoms. The molecule has 0 unspecified atom stereocenters. The largest absolute Gasteiger partial charge is 0.378 e. The summed E-state index contributed by atoms with van der Waals surface area (Å²) in [4.78, 5) is 26.5. The SMILES string of the molecule is O=C(CN1CCOC[C@H]1[C@@H]1CCCC1=O)Nc1ccc(Br)cc1. The van der Waals surface area contributed by atoms with Crippen LogP contribution >= 0.6 is 15.9 Å². The number of ketones is 1. The van der Waals surface area contributed by atoms with Crippen molar-refractivity contribution in [2.75, 3.05) is 31.6 Å². The Morgan fingerprint density at radius 1 is 1.35 bits per heavy atom. The van der Waals surface area contributed by atoms with Gasteiger partial charge >= 0.3 is 0 Å². The van der Waals surface area contributed by atoms with E-state index in [9.17, 15) is 9.59 Å². The van der Waals surface area contributed by atoms with E-state index in [0.29, 0.717) is 38.5 Å². The molecule has 5 nitrogen and oxygen atoms in total. The van der Waals surface area contributed by atoms with Crippen LogP contribution in [0.1, 0.15) is 19.3 Å². The van der Waals surface area contributed by atoms with Gasteiger partial charge in [0, 0.05) is 35.1 Å². The number of rotatable bonds is 4. The number of benzene rings is 1. The molecule has 1 amide bonds. The molecule has 0 aromatic heterocycles. The second-order valence-electron chi connectivity index (χ2n) is 6.13. The highest BCUT2D eigenvalue weighted by atomic mass is 79.9. The molecule has 1 saturated carbocycles. The molecule has 0 bridgehead atoms. The van der Waals surface area contributed by atoms with E-state index in [4.69, 9.17) is 4.74 Å². The number of carbonyl (C=O) groups is 2. The third-order valence-electron chi connectivity index (χ3n) is 4.57. The smallest absolute Gasteiger partial charge is 0.238 e. The van der Waals surface area contributed by atoms with Gasteiger partial charge in [0.2, 0.25) is 5.91 Å². The normalized spacial score (nSPS) is 25.5. The van der Waals surface area contributed by atoms with E-state index >= 15 is 0 Å². The first-order chi connectivity index (χ1) is 11.1. The summed E-state index contributed by atoms with van der Waals surface area (Å²) < 4.78 is 6.53. The van der Waals surface area contributed by atoms with Gasteiger partial charge in [-0.25, -0.2) is 0 Å². The van der Waals surface area contributed by atoms with E-state index in [1.807, 2.05) is 24.3 Å². The lowest BCUT2D eigenvalue weighted by Gasteiger charge is -2.37. The first-order valence-corrected chi connectivity index (χ1v) is 8.83. The third kappa shape index (κ3) is 4.19. The van der Waals surface area contributed by atoms with Crippen LogP contribution in [0, 0.1) is 5.92 Å². The topological polar surface area (TPSA) is 58.6 Å². The summed E-state index contributed by atoms with van der Waals surface area (Å²) in [5.41, 5.74) is 0.778. The molecule has 1 N–H and O–H groups in total. The first-order valence-electron chi connectivity index (χ1n) is 8.03. The summed E-state index contributed by atoms with van der Waals surface area (Å²) in [7, 11) is 0. The number of hydrogen-bond donors (Lipinski definition) is 1. The molecule has 1 aromatic rings. The monoisotopic (exact) mass is 380 g/mol. The number of nitrogens with zero attached hydrogens (tertiary/aromatic N) is 1. The van der Waals surface area contributed by atoms with Crippen LogP contribution in [0.15, 0.2) is 28.7 Å². The Balaban J connectivity index is 1.61. The Morgan fingerprint density at radius 2 is 2.13 bits per heavy atom. The van der Waals surface area contributed by atoms with Crippen molar-refractivity contribution < 1.29 is 14.3 Å². The average molecular weight is 381 g/mol. The number of Topliss-reactive ketones (excluding diaryl/α,β-unsaturated/α-hetero) is 1. The molecule has 1 heterocycles. The highest BCUT2D eigenvalue weighted by Crippen LogP contribution is 2.29. The van der Waals surface area contributed by atoms with Crippen molar-refractivity contribution in [2.24, 2.45) is 5.92 Å². The Morgan fingerprint density at radius 3 is 2.83 bits per heavy atom. The Hall–Kier alpha value is -1.24. The van der Waals surface area contributed by atoms with Crippen LogP contribution in [0.3, 0.4) is 0 Å². The fourth-order valence-corrected chi connectivity index (χ4v) is 3.66. The molecule has 124 valence electrons. The van der Waals surface area contributed by atoms with Gasteiger partial charge in [0.15, 0.2) is 0 Å². The van der Waals surface area contributed by atoms with E-state index in [1.54, 1.807) is 0 Å². The van der Waals surface area contributed by atoms with E-state index in [1.165, 1.54) is 0 Å². The van der Waals surface area contributed by atoms with Gasteiger partial charge in [-0.2, -0.15) is 0 Å². The quantitative estimate of drug-likeness (QED) is 0.871.